The zero-order valence-electron chi connectivity index (χ0n) is 9.03. The van der Waals surface area contributed by atoms with Gasteiger partial charge in [0.05, 0.1) is 16.1 Å². The molecule has 1 rings (SSSR count). The van der Waals surface area contributed by atoms with E-state index in [0.29, 0.717) is 28.7 Å². The standard InChI is InChI=1S/C11H15BrN2O2/c1-7(15)5-6-14-11(16)8-3-2-4-9(13)10(8)12/h2-4,7,15H,5-6,13H2,1H3,(H,14,16). The van der Waals surface area contributed by atoms with Crippen molar-refractivity contribution >= 4 is 27.5 Å². The molecular formula is C11H15BrN2O2. The largest absolute Gasteiger partial charge is 0.398 e. The smallest absolute Gasteiger partial charge is 0.252 e. The Morgan fingerprint density at radius 2 is 2.31 bits per heavy atom. The molecule has 1 aromatic rings. The molecule has 4 nitrogen and oxygen atoms in total. The third-order valence-corrected chi connectivity index (χ3v) is 3.01. The Kier molecular flexibility index (Phi) is 4.76. The van der Waals surface area contributed by atoms with E-state index >= 15 is 0 Å². The third kappa shape index (κ3) is 3.50. The Morgan fingerprint density at radius 3 is 2.94 bits per heavy atom. The molecule has 0 aromatic heterocycles. The summed E-state index contributed by atoms with van der Waals surface area (Å²) in [4.78, 5) is 11.7. The van der Waals surface area contributed by atoms with E-state index in [-0.39, 0.29) is 5.91 Å². The lowest BCUT2D eigenvalue weighted by Gasteiger charge is -2.09. The number of nitrogens with two attached hydrogens (primary N) is 1. The monoisotopic (exact) mass is 286 g/mol. The minimum atomic E-state index is -0.412. The average Bonchev–Trinajstić information content (AvgIpc) is 2.21. The molecule has 0 saturated carbocycles. The highest BCUT2D eigenvalue weighted by Gasteiger charge is 2.11. The van der Waals surface area contributed by atoms with E-state index < -0.39 is 6.10 Å². The van der Waals surface area contributed by atoms with Gasteiger partial charge in [-0.2, -0.15) is 0 Å². The van der Waals surface area contributed by atoms with E-state index in [1.807, 2.05) is 0 Å². The number of benzene rings is 1. The Hall–Kier alpha value is -1.07. The lowest BCUT2D eigenvalue weighted by atomic mass is 10.2. The van der Waals surface area contributed by atoms with Crippen molar-refractivity contribution in [2.75, 3.05) is 12.3 Å². The predicted octanol–water partition coefficient (Wildman–Crippen LogP) is 1.53. The number of nitrogens with one attached hydrogen (secondary N) is 1. The van der Waals surface area contributed by atoms with Crippen molar-refractivity contribution in [1.29, 1.82) is 0 Å². The second kappa shape index (κ2) is 5.86. The fraction of sp³-hybridized carbons (Fsp3) is 0.364. The van der Waals surface area contributed by atoms with E-state index in [1.54, 1.807) is 25.1 Å². The molecule has 1 amide bonds. The summed E-state index contributed by atoms with van der Waals surface area (Å²) in [5.74, 6) is -0.195. The van der Waals surface area contributed by atoms with E-state index in [4.69, 9.17) is 10.8 Å². The highest BCUT2D eigenvalue weighted by Crippen LogP contribution is 2.23. The molecule has 0 aliphatic carbocycles. The van der Waals surface area contributed by atoms with Gasteiger partial charge in [-0.3, -0.25) is 4.79 Å². The number of halogens is 1. The van der Waals surface area contributed by atoms with Crippen LogP contribution in [0.3, 0.4) is 0 Å². The van der Waals surface area contributed by atoms with Gasteiger partial charge in [0.25, 0.3) is 5.91 Å². The van der Waals surface area contributed by atoms with Crippen LogP contribution in [-0.2, 0) is 0 Å². The van der Waals surface area contributed by atoms with Crippen molar-refractivity contribution in [3.05, 3.63) is 28.2 Å². The van der Waals surface area contributed by atoms with Gasteiger partial charge in [-0.05, 0) is 41.4 Å². The molecule has 0 fully saturated rings. The molecule has 16 heavy (non-hydrogen) atoms. The van der Waals surface area contributed by atoms with E-state index in [0.717, 1.165) is 0 Å². The van der Waals surface area contributed by atoms with Crippen molar-refractivity contribution in [3.63, 3.8) is 0 Å². The van der Waals surface area contributed by atoms with Gasteiger partial charge in [-0.1, -0.05) is 6.07 Å². The van der Waals surface area contributed by atoms with E-state index in [9.17, 15) is 4.79 Å². The number of anilines is 1. The summed E-state index contributed by atoms with van der Waals surface area (Å²) in [6, 6.07) is 5.14. The first kappa shape index (κ1) is 13.0. The van der Waals surface area contributed by atoms with Crippen LogP contribution in [0.2, 0.25) is 0 Å². The van der Waals surface area contributed by atoms with Crippen LogP contribution in [0.15, 0.2) is 22.7 Å². The van der Waals surface area contributed by atoms with Gasteiger partial charge in [-0.25, -0.2) is 0 Å². The van der Waals surface area contributed by atoms with Crippen LogP contribution >= 0.6 is 15.9 Å². The van der Waals surface area contributed by atoms with Crippen LogP contribution in [0.1, 0.15) is 23.7 Å². The van der Waals surface area contributed by atoms with Crippen LogP contribution in [0.4, 0.5) is 5.69 Å². The van der Waals surface area contributed by atoms with Crippen LogP contribution in [-0.4, -0.2) is 23.7 Å². The van der Waals surface area contributed by atoms with Gasteiger partial charge in [-0.15, -0.1) is 0 Å². The summed E-state index contributed by atoms with van der Waals surface area (Å²) in [7, 11) is 0. The number of nitrogen functional groups attached to an aromatic ring is 1. The van der Waals surface area contributed by atoms with Gasteiger partial charge >= 0.3 is 0 Å². The number of carbonyl (C=O) groups is 1. The summed E-state index contributed by atoms with van der Waals surface area (Å²) in [6.07, 6.45) is 0.121. The van der Waals surface area contributed by atoms with Gasteiger partial charge in [0.1, 0.15) is 0 Å². The van der Waals surface area contributed by atoms with E-state index in [1.165, 1.54) is 0 Å². The number of rotatable bonds is 4. The van der Waals surface area contributed by atoms with Crippen molar-refractivity contribution in [2.45, 2.75) is 19.4 Å². The Bertz CT molecular complexity index is 380. The summed E-state index contributed by atoms with van der Waals surface area (Å²) in [5.41, 5.74) is 6.70. The Balaban J connectivity index is 2.63. The fourth-order valence-electron chi connectivity index (χ4n) is 1.22. The quantitative estimate of drug-likeness (QED) is 0.735. The van der Waals surface area contributed by atoms with Gasteiger partial charge in [0, 0.05) is 12.2 Å². The normalized spacial score (nSPS) is 12.2. The first-order valence-corrected chi connectivity index (χ1v) is 5.82. The Morgan fingerprint density at radius 1 is 1.62 bits per heavy atom. The third-order valence-electron chi connectivity index (χ3n) is 2.12. The van der Waals surface area contributed by atoms with Gasteiger partial charge in [0.15, 0.2) is 0 Å². The minimum Gasteiger partial charge on any atom is -0.398 e. The molecule has 0 spiro atoms. The number of aliphatic hydroxyl groups is 1. The second-order valence-electron chi connectivity index (χ2n) is 3.60. The van der Waals surface area contributed by atoms with Gasteiger partial charge < -0.3 is 16.2 Å². The second-order valence-corrected chi connectivity index (χ2v) is 4.40. The SMILES string of the molecule is CC(O)CCNC(=O)c1cccc(N)c1Br. The molecule has 0 radical (unpaired) electrons. The van der Waals surface area contributed by atoms with Crippen molar-refractivity contribution in [2.24, 2.45) is 0 Å². The zero-order chi connectivity index (χ0) is 12.1. The predicted molar refractivity (Wildman–Crippen MR) is 67.2 cm³/mol. The van der Waals surface area contributed by atoms with Crippen molar-refractivity contribution in [1.82, 2.24) is 5.32 Å². The van der Waals surface area contributed by atoms with Crippen molar-refractivity contribution < 1.29 is 9.90 Å². The molecule has 0 aliphatic rings. The molecule has 1 unspecified atom stereocenters. The average molecular weight is 287 g/mol. The fourth-order valence-corrected chi connectivity index (χ4v) is 1.66. The molecule has 0 heterocycles. The summed E-state index contributed by atoms with van der Waals surface area (Å²) in [5, 5.41) is 11.8. The van der Waals surface area contributed by atoms with Gasteiger partial charge in [0.2, 0.25) is 0 Å². The Labute approximate surface area is 103 Å². The highest BCUT2D eigenvalue weighted by molar-refractivity contribution is 9.10. The number of carbonyl (C=O) groups excluding carboxylic acids is 1. The first-order valence-electron chi connectivity index (χ1n) is 5.02. The lowest BCUT2D eigenvalue weighted by Crippen LogP contribution is -2.26. The lowest BCUT2D eigenvalue weighted by molar-refractivity contribution is 0.0945. The summed E-state index contributed by atoms with van der Waals surface area (Å²) >= 11 is 3.27. The number of hydrogen-bond donors (Lipinski definition) is 3. The molecule has 1 atom stereocenters. The molecule has 0 bridgehead atoms. The molecule has 5 heteroatoms. The zero-order valence-corrected chi connectivity index (χ0v) is 10.6. The van der Waals surface area contributed by atoms with Crippen LogP contribution in [0.25, 0.3) is 0 Å². The maximum absolute atomic E-state index is 11.7. The molecule has 4 N–H and O–H groups in total. The maximum Gasteiger partial charge on any atom is 0.252 e. The number of amides is 1. The van der Waals surface area contributed by atoms with Crippen LogP contribution in [0, 0.1) is 0 Å². The first-order chi connectivity index (χ1) is 7.52. The molecular weight excluding hydrogens is 272 g/mol. The highest BCUT2D eigenvalue weighted by atomic mass is 79.9. The summed E-state index contributed by atoms with van der Waals surface area (Å²) in [6.45, 7) is 2.13. The maximum atomic E-state index is 11.7. The van der Waals surface area contributed by atoms with E-state index in [2.05, 4.69) is 21.2 Å². The minimum absolute atomic E-state index is 0.195. The van der Waals surface area contributed by atoms with Crippen LogP contribution in [0.5, 0.6) is 0 Å². The topological polar surface area (TPSA) is 75.3 Å². The van der Waals surface area contributed by atoms with Crippen molar-refractivity contribution in [3.8, 4) is 0 Å². The molecule has 1 aromatic carbocycles. The van der Waals surface area contributed by atoms with Crippen LogP contribution < -0.4 is 11.1 Å². The molecule has 0 aliphatic heterocycles. The number of hydrogen-bond acceptors (Lipinski definition) is 3. The summed E-state index contributed by atoms with van der Waals surface area (Å²) < 4.78 is 0.601. The number of aliphatic hydroxyl groups excluding tert-OH is 1. The molecule has 0 saturated heterocycles. The molecule has 88 valence electrons.